The van der Waals surface area contributed by atoms with Crippen LogP contribution in [0.25, 0.3) is 0 Å². The molecule has 0 bridgehead atoms. The second-order valence-electron chi connectivity index (χ2n) is 4.12. The fourth-order valence-corrected chi connectivity index (χ4v) is 3.21. The van der Waals surface area contributed by atoms with Crippen molar-refractivity contribution in [2.24, 2.45) is 11.8 Å². The smallest absolute Gasteiger partial charge is 0.123 e. The van der Waals surface area contributed by atoms with E-state index in [4.69, 9.17) is 0 Å². The highest BCUT2D eigenvalue weighted by Crippen LogP contribution is 2.62. The molecule has 0 radical (unpaired) electrons. The maximum absolute atomic E-state index is 9.37. The molecule has 1 heterocycles. The number of aliphatic hydroxyl groups is 1. The molecule has 2 fully saturated rings. The molecule has 1 aromatic heterocycles. The SMILES string of the molecule is OC1CC2C(C1)C2c1cc(I)n[nH]1. The molecule has 0 aliphatic heterocycles. The largest absolute Gasteiger partial charge is 0.393 e. The van der Waals surface area contributed by atoms with E-state index in [-0.39, 0.29) is 6.10 Å². The minimum absolute atomic E-state index is 0.0340. The number of hydrogen-bond acceptors (Lipinski definition) is 2. The normalized spacial score (nSPS) is 42.0. The number of aromatic amines is 1. The number of fused-ring (bicyclic) bond motifs is 1. The quantitative estimate of drug-likeness (QED) is 0.770. The summed E-state index contributed by atoms with van der Waals surface area (Å²) < 4.78 is 1.04. The lowest BCUT2D eigenvalue weighted by molar-refractivity contribution is 0.165. The summed E-state index contributed by atoms with van der Waals surface area (Å²) >= 11 is 2.22. The van der Waals surface area contributed by atoms with Gasteiger partial charge in [0, 0.05) is 11.6 Å². The minimum Gasteiger partial charge on any atom is -0.393 e. The topological polar surface area (TPSA) is 48.9 Å². The van der Waals surface area contributed by atoms with Crippen molar-refractivity contribution in [3.8, 4) is 0 Å². The van der Waals surface area contributed by atoms with Gasteiger partial charge in [0.05, 0.1) is 6.10 Å². The number of hydrogen-bond donors (Lipinski definition) is 2. The summed E-state index contributed by atoms with van der Waals surface area (Å²) in [6, 6.07) is 2.12. The first kappa shape index (κ1) is 8.23. The molecule has 0 amide bonds. The Labute approximate surface area is 90.1 Å². The van der Waals surface area contributed by atoms with Crippen molar-refractivity contribution < 1.29 is 5.11 Å². The Morgan fingerprint density at radius 2 is 2.15 bits per heavy atom. The first-order chi connectivity index (χ1) is 6.25. The molecule has 0 spiro atoms. The van der Waals surface area contributed by atoms with Crippen LogP contribution in [-0.4, -0.2) is 21.4 Å². The summed E-state index contributed by atoms with van der Waals surface area (Å²) in [4.78, 5) is 0. The summed E-state index contributed by atoms with van der Waals surface area (Å²) in [6.07, 6.45) is 1.95. The number of rotatable bonds is 1. The second kappa shape index (κ2) is 2.70. The molecule has 70 valence electrons. The number of halogens is 1. The van der Waals surface area contributed by atoms with Crippen LogP contribution >= 0.6 is 22.6 Å². The highest BCUT2D eigenvalue weighted by molar-refractivity contribution is 14.1. The van der Waals surface area contributed by atoms with Gasteiger partial charge in [-0.25, -0.2) is 0 Å². The van der Waals surface area contributed by atoms with Crippen LogP contribution in [0.2, 0.25) is 0 Å². The fourth-order valence-electron chi connectivity index (χ4n) is 2.76. The van der Waals surface area contributed by atoms with E-state index < -0.39 is 0 Å². The van der Waals surface area contributed by atoms with Crippen LogP contribution in [0.1, 0.15) is 24.5 Å². The van der Waals surface area contributed by atoms with Gasteiger partial charge in [0.25, 0.3) is 0 Å². The lowest BCUT2D eigenvalue weighted by Gasteiger charge is -2.05. The van der Waals surface area contributed by atoms with Crippen LogP contribution in [0.3, 0.4) is 0 Å². The fraction of sp³-hybridized carbons (Fsp3) is 0.667. The zero-order chi connectivity index (χ0) is 9.00. The number of nitrogens with zero attached hydrogens (tertiary/aromatic N) is 1. The first-order valence-corrected chi connectivity index (χ1v) is 5.72. The molecular formula is C9H11IN2O. The molecule has 2 unspecified atom stereocenters. The molecule has 13 heavy (non-hydrogen) atoms. The number of nitrogens with one attached hydrogen (secondary N) is 1. The van der Waals surface area contributed by atoms with Crippen LogP contribution in [0, 0.1) is 15.5 Å². The van der Waals surface area contributed by atoms with Gasteiger partial charge >= 0.3 is 0 Å². The molecule has 4 heteroatoms. The van der Waals surface area contributed by atoms with Gasteiger partial charge in [0.1, 0.15) is 3.70 Å². The molecule has 2 aliphatic carbocycles. The van der Waals surface area contributed by atoms with E-state index in [1.807, 2.05) is 0 Å². The van der Waals surface area contributed by atoms with Crippen LogP contribution < -0.4 is 0 Å². The molecule has 0 aromatic carbocycles. The van der Waals surface area contributed by atoms with Gasteiger partial charge in [-0.1, -0.05) is 0 Å². The van der Waals surface area contributed by atoms with Gasteiger partial charge < -0.3 is 5.11 Å². The third-order valence-corrected chi connectivity index (χ3v) is 3.90. The van der Waals surface area contributed by atoms with Crippen molar-refractivity contribution in [2.75, 3.05) is 0 Å². The van der Waals surface area contributed by atoms with Gasteiger partial charge in [0.2, 0.25) is 0 Å². The molecular weight excluding hydrogens is 279 g/mol. The van der Waals surface area contributed by atoms with Gasteiger partial charge in [0.15, 0.2) is 0 Å². The van der Waals surface area contributed by atoms with E-state index in [9.17, 15) is 5.11 Å². The van der Waals surface area contributed by atoms with Crippen molar-refractivity contribution in [3.05, 3.63) is 15.5 Å². The molecule has 2 saturated carbocycles. The molecule has 1 aromatic rings. The van der Waals surface area contributed by atoms with Crippen molar-refractivity contribution >= 4 is 22.6 Å². The summed E-state index contributed by atoms with van der Waals surface area (Å²) in [6.45, 7) is 0. The highest BCUT2D eigenvalue weighted by Gasteiger charge is 2.56. The van der Waals surface area contributed by atoms with E-state index in [0.717, 1.165) is 28.4 Å². The van der Waals surface area contributed by atoms with E-state index >= 15 is 0 Å². The van der Waals surface area contributed by atoms with Gasteiger partial charge in [-0.15, -0.1) is 0 Å². The monoisotopic (exact) mass is 290 g/mol. The Morgan fingerprint density at radius 3 is 2.69 bits per heavy atom. The Balaban J connectivity index is 1.78. The van der Waals surface area contributed by atoms with E-state index in [1.165, 1.54) is 5.69 Å². The lowest BCUT2D eigenvalue weighted by Crippen LogP contribution is -2.04. The Morgan fingerprint density at radius 1 is 1.46 bits per heavy atom. The third kappa shape index (κ3) is 1.22. The lowest BCUT2D eigenvalue weighted by atomic mass is 10.1. The Kier molecular flexibility index (Phi) is 1.71. The Bertz CT molecular complexity index is 326. The molecule has 2 atom stereocenters. The van der Waals surface area contributed by atoms with E-state index in [1.54, 1.807) is 0 Å². The van der Waals surface area contributed by atoms with Crippen LogP contribution in [0.15, 0.2) is 6.07 Å². The summed E-state index contributed by atoms with van der Waals surface area (Å²) in [5.41, 5.74) is 1.27. The maximum atomic E-state index is 9.37. The van der Waals surface area contributed by atoms with E-state index in [2.05, 4.69) is 38.9 Å². The molecule has 0 saturated heterocycles. The maximum Gasteiger partial charge on any atom is 0.123 e. The van der Waals surface area contributed by atoms with Crippen molar-refractivity contribution in [1.29, 1.82) is 0 Å². The van der Waals surface area contributed by atoms with Crippen molar-refractivity contribution in [1.82, 2.24) is 10.2 Å². The predicted octanol–water partition coefficient (Wildman–Crippen LogP) is 1.50. The zero-order valence-electron chi connectivity index (χ0n) is 7.07. The molecule has 3 rings (SSSR count). The second-order valence-corrected chi connectivity index (χ2v) is 5.23. The van der Waals surface area contributed by atoms with Crippen molar-refractivity contribution in [2.45, 2.75) is 24.9 Å². The number of H-pyrrole nitrogens is 1. The van der Waals surface area contributed by atoms with Gasteiger partial charge in [-0.2, -0.15) is 5.10 Å². The average Bonchev–Trinajstić information content (AvgIpc) is 2.50. The minimum atomic E-state index is -0.0340. The van der Waals surface area contributed by atoms with Crippen LogP contribution in [-0.2, 0) is 0 Å². The number of aromatic nitrogens is 2. The first-order valence-electron chi connectivity index (χ1n) is 4.64. The van der Waals surface area contributed by atoms with Gasteiger partial charge in [-0.3, -0.25) is 5.10 Å². The van der Waals surface area contributed by atoms with Crippen molar-refractivity contribution in [3.63, 3.8) is 0 Å². The molecule has 3 nitrogen and oxygen atoms in total. The zero-order valence-corrected chi connectivity index (χ0v) is 9.23. The molecule has 2 aliphatic rings. The van der Waals surface area contributed by atoms with Gasteiger partial charge in [-0.05, 0) is 53.3 Å². The van der Waals surface area contributed by atoms with Crippen LogP contribution in [0.4, 0.5) is 0 Å². The summed E-state index contributed by atoms with van der Waals surface area (Å²) in [7, 11) is 0. The summed E-state index contributed by atoms with van der Waals surface area (Å²) in [5.74, 6) is 2.12. The Hall–Kier alpha value is -0.100. The number of aliphatic hydroxyl groups excluding tert-OH is 1. The van der Waals surface area contributed by atoms with Crippen LogP contribution in [0.5, 0.6) is 0 Å². The average molecular weight is 290 g/mol. The highest BCUT2D eigenvalue weighted by atomic mass is 127. The predicted molar refractivity (Wildman–Crippen MR) is 56.3 cm³/mol. The third-order valence-electron chi connectivity index (χ3n) is 3.35. The molecule has 2 N–H and O–H groups in total. The standard InChI is InChI=1S/C9H11IN2O/c10-8-3-7(11-12-8)9-5-1-4(13)2-6(5)9/h3-6,9,13H,1-2H2,(H,11,12). The van der Waals surface area contributed by atoms with E-state index in [0.29, 0.717) is 5.92 Å². The summed E-state index contributed by atoms with van der Waals surface area (Å²) in [5, 5.41) is 16.6.